The lowest BCUT2D eigenvalue weighted by Crippen LogP contribution is -2.30. The summed E-state index contributed by atoms with van der Waals surface area (Å²) in [6.45, 7) is 0.988. The summed E-state index contributed by atoms with van der Waals surface area (Å²) in [5, 5.41) is 2.70. The third-order valence-electron chi connectivity index (χ3n) is 3.65. The lowest BCUT2D eigenvalue weighted by molar-refractivity contribution is -0.120. The third kappa shape index (κ3) is 5.99. The molecule has 0 aliphatic carbocycles. The number of alkyl halides is 2. The number of benzene rings is 2. The van der Waals surface area contributed by atoms with E-state index in [9.17, 15) is 13.6 Å². The average molecular weight is 371 g/mol. The van der Waals surface area contributed by atoms with Gasteiger partial charge in [0.2, 0.25) is 5.91 Å². The molecule has 4 nitrogen and oxygen atoms in total. The smallest absolute Gasteiger partial charge is 0.272 e. The second-order valence-corrected chi connectivity index (χ2v) is 5.41. The van der Waals surface area contributed by atoms with E-state index in [1.165, 1.54) is 6.07 Å². The number of anilines is 1. The summed E-state index contributed by atoms with van der Waals surface area (Å²) in [6.07, 6.45) is -2.58. The van der Waals surface area contributed by atoms with Crippen molar-refractivity contribution in [2.24, 2.45) is 11.7 Å². The minimum absolute atomic E-state index is 0. The predicted octanol–water partition coefficient (Wildman–Crippen LogP) is 4.03. The number of rotatable bonds is 7. The molecule has 136 valence electrons. The van der Waals surface area contributed by atoms with Crippen LogP contribution in [0.2, 0.25) is 0 Å². The van der Waals surface area contributed by atoms with Gasteiger partial charge in [-0.15, -0.1) is 12.4 Å². The summed E-state index contributed by atoms with van der Waals surface area (Å²) in [5.41, 5.74) is 7.33. The molecule has 2 aromatic rings. The SMILES string of the molecule is CC(C(=O)Nc1ccccc1OCC(F)F)C(N)c1ccccc1.Cl. The molecule has 2 aromatic carbocycles. The number of amides is 1. The number of hydrogen-bond donors (Lipinski definition) is 2. The van der Waals surface area contributed by atoms with Gasteiger partial charge >= 0.3 is 0 Å². The van der Waals surface area contributed by atoms with Crippen molar-refractivity contribution in [1.82, 2.24) is 0 Å². The molecule has 0 heterocycles. The lowest BCUT2D eigenvalue weighted by Gasteiger charge is -2.20. The number of carbonyl (C=O) groups excluding carboxylic acids is 1. The number of para-hydroxylation sites is 2. The van der Waals surface area contributed by atoms with Gasteiger partial charge in [-0.1, -0.05) is 49.4 Å². The highest BCUT2D eigenvalue weighted by molar-refractivity contribution is 5.94. The summed E-state index contributed by atoms with van der Waals surface area (Å²) in [6, 6.07) is 15.3. The highest BCUT2D eigenvalue weighted by atomic mass is 35.5. The monoisotopic (exact) mass is 370 g/mol. The van der Waals surface area contributed by atoms with Gasteiger partial charge in [0.15, 0.2) is 0 Å². The fourth-order valence-corrected chi connectivity index (χ4v) is 2.22. The molecule has 2 rings (SSSR count). The maximum atomic E-state index is 12.4. The molecule has 0 aliphatic rings. The third-order valence-corrected chi connectivity index (χ3v) is 3.65. The molecule has 3 N–H and O–H groups in total. The summed E-state index contributed by atoms with van der Waals surface area (Å²) < 4.78 is 29.6. The summed E-state index contributed by atoms with van der Waals surface area (Å²) in [7, 11) is 0. The fraction of sp³-hybridized carbons (Fsp3) is 0.278. The first-order valence-corrected chi connectivity index (χ1v) is 7.60. The molecule has 0 radical (unpaired) electrons. The number of carbonyl (C=O) groups is 1. The first-order valence-electron chi connectivity index (χ1n) is 7.60. The van der Waals surface area contributed by atoms with E-state index in [1.807, 2.05) is 30.3 Å². The number of hydrogen-bond acceptors (Lipinski definition) is 3. The molecule has 2 atom stereocenters. The molecule has 0 saturated heterocycles. The Morgan fingerprint density at radius 2 is 1.72 bits per heavy atom. The van der Waals surface area contributed by atoms with Crippen molar-refractivity contribution in [2.75, 3.05) is 11.9 Å². The average Bonchev–Trinajstić information content (AvgIpc) is 2.60. The van der Waals surface area contributed by atoms with Crippen LogP contribution in [0.25, 0.3) is 0 Å². The second kappa shape index (κ2) is 9.96. The van der Waals surface area contributed by atoms with Crippen LogP contribution in [0.4, 0.5) is 14.5 Å². The predicted molar refractivity (Wildman–Crippen MR) is 96.4 cm³/mol. The van der Waals surface area contributed by atoms with E-state index in [0.29, 0.717) is 5.69 Å². The van der Waals surface area contributed by atoms with Crippen molar-refractivity contribution in [3.63, 3.8) is 0 Å². The maximum Gasteiger partial charge on any atom is 0.272 e. The first kappa shape index (κ1) is 20.9. The van der Waals surface area contributed by atoms with E-state index in [-0.39, 0.29) is 24.1 Å². The van der Waals surface area contributed by atoms with Gasteiger partial charge in [-0.05, 0) is 17.7 Å². The standard InChI is InChI=1S/C18H20F2N2O2.ClH/c1-12(17(21)13-7-3-2-4-8-13)18(23)22-14-9-5-6-10-15(14)24-11-16(19)20;/h2-10,12,16-17H,11,21H2,1H3,(H,22,23);1H. The maximum absolute atomic E-state index is 12.4. The van der Waals surface area contributed by atoms with Crippen molar-refractivity contribution in [3.8, 4) is 5.75 Å². The van der Waals surface area contributed by atoms with Crippen LogP contribution in [0.3, 0.4) is 0 Å². The molecule has 0 aliphatic heterocycles. The molecule has 0 spiro atoms. The zero-order valence-corrected chi connectivity index (χ0v) is 14.5. The van der Waals surface area contributed by atoms with Crippen molar-refractivity contribution < 1.29 is 18.3 Å². The zero-order chi connectivity index (χ0) is 17.5. The van der Waals surface area contributed by atoms with Crippen LogP contribution in [0.5, 0.6) is 5.75 Å². The van der Waals surface area contributed by atoms with Crippen molar-refractivity contribution >= 4 is 24.0 Å². The lowest BCUT2D eigenvalue weighted by atomic mass is 9.94. The molecule has 0 bridgehead atoms. The minimum atomic E-state index is -2.58. The van der Waals surface area contributed by atoms with E-state index in [4.69, 9.17) is 10.5 Å². The van der Waals surface area contributed by atoms with E-state index in [1.54, 1.807) is 25.1 Å². The van der Waals surface area contributed by atoms with Gasteiger partial charge in [0.1, 0.15) is 12.4 Å². The Morgan fingerprint density at radius 1 is 1.12 bits per heavy atom. The van der Waals surface area contributed by atoms with E-state index >= 15 is 0 Å². The molecule has 1 amide bonds. The molecule has 0 saturated carbocycles. The Bertz CT molecular complexity index is 671. The van der Waals surface area contributed by atoms with Gasteiger partial charge in [-0.2, -0.15) is 0 Å². The molecular formula is C18H21ClF2N2O2. The minimum Gasteiger partial charge on any atom is -0.485 e. The quantitative estimate of drug-likeness (QED) is 0.773. The van der Waals surface area contributed by atoms with Crippen LogP contribution in [0.15, 0.2) is 54.6 Å². The number of halogens is 3. The van der Waals surface area contributed by atoms with Crippen LogP contribution < -0.4 is 15.8 Å². The van der Waals surface area contributed by atoms with Gasteiger partial charge in [0, 0.05) is 6.04 Å². The van der Waals surface area contributed by atoms with Crippen LogP contribution in [-0.2, 0) is 4.79 Å². The Balaban J connectivity index is 0.00000312. The van der Waals surface area contributed by atoms with E-state index in [0.717, 1.165) is 5.56 Å². The molecule has 25 heavy (non-hydrogen) atoms. The summed E-state index contributed by atoms with van der Waals surface area (Å²) >= 11 is 0. The Labute approximate surface area is 151 Å². The Kier molecular flexibility index (Phi) is 8.31. The fourth-order valence-electron chi connectivity index (χ4n) is 2.22. The highest BCUT2D eigenvalue weighted by Gasteiger charge is 2.23. The van der Waals surface area contributed by atoms with E-state index < -0.39 is 25.0 Å². The first-order chi connectivity index (χ1) is 11.5. The van der Waals surface area contributed by atoms with Crippen molar-refractivity contribution in [1.29, 1.82) is 0 Å². The van der Waals surface area contributed by atoms with Gasteiger partial charge in [-0.3, -0.25) is 4.79 Å². The molecule has 0 fully saturated rings. The van der Waals surface area contributed by atoms with Gasteiger partial charge in [0.25, 0.3) is 6.43 Å². The van der Waals surface area contributed by atoms with Crippen LogP contribution in [0.1, 0.15) is 18.5 Å². The summed E-state index contributed by atoms with van der Waals surface area (Å²) in [4.78, 5) is 12.4. The van der Waals surface area contributed by atoms with E-state index in [2.05, 4.69) is 5.32 Å². The van der Waals surface area contributed by atoms with Crippen molar-refractivity contribution in [3.05, 3.63) is 60.2 Å². The molecule has 7 heteroatoms. The second-order valence-electron chi connectivity index (χ2n) is 5.41. The number of nitrogens with two attached hydrogens (primary N) is 1. The number of nitrogens with one attached hydrogen (secondary N) is 1. The highest BCUT2D eigenvalue weighted by Crippen LogP contribution is 2.26. The van der Waals surface area contributed by atoms with Gasteiger partial charge in [-0.25, -0.2) is 8.78 Å². The zero-order valence-electron chi connectivity index (χ0n) is 13.7. The van der Waals surface area contributed by atoms with Crippen LogP contribution in [-0.4, -0.2) is 18.9 Å². The van der Waals surface area contributed by atoms with Crippen LogP contribution >= 0.6 is 12.4 Å². The van der Waals surface area contributed by atoms with Gasteiger partial charge in [0.05, 0.1) is 11.6 Å². The molecular weight excluding hydrogens is 350 g/mol. The Morgan fingerprint density at radius 3 is 2.36 bits per heavy atom. The van der Waals surface area contributed by atoms with Crippen molar-refractivity contribution in [2.45, 2.75) is 19.4 Å². The normalized spacial score (nSPS) is 12.8. The molecule has 2 unspecified atom stereocenters. The topological polar surface area (TPSA) is 64.3 Å². The summed E-state index contributed by atoms with van der Waals surface area (Å²) in [5.74, 6) is -0.610. The number of ether oxygens (including phenoxy) is 1. The molecule has 0 aromatic heterocycles. The Hall–Kier alpha value is -2.18. The van der Waals surface area contributed by atoms with Gasteiger partial charge < -0.3 is 15.8 Å². The van der Waals surface area contributed by atoms with Crippen LogP contribution in [0, 0.1) is 5.92 Å². The largest absolute Gasteiger partial charge is 0.485 e.